The fourth-order valence-electron chi connectivity index (χ4n) is 1.00. The first-order valence-electron chi connectivity index (χ1n) is 4.15. The Balaban J connectivity index is 2.91. The molecule has 0 aliphatic carbocycles. The van der Waals surface area contributed by atoms with E-state index in [1.165, 1.54) is 12.1 Å². The molecule has 0 atom stereocenters. The van der Waals surface area contributed by atoms with E-state index in [2.05, 4.69) is 0 Å². The number of ether oxygens (including phenoxy) is 1. The van der Waals surface area contributed by atoms with Crippen LogP contribution in [0.15, 0.2) is 18.2 Å². The molecule has 0 aliphatic rings. The van der Waals surface area contributed by atoms with Gasteiger partial charge in [-0.05, 0) is 19.1 Å². The summed E-state index contributed by atoms with van der Waals surface area (Å²) < 4.78 is 41.4. The van der Waals surface area contributed by atoms with E-state index >= 15 is 0 Å². The fraction of sp³-hybridized carbons (Fsp3) is 0.250. The molecule has 0 bridgehead atoms. The van der Waals surface area contributed by atoms with Gasteiger partial charge in [0, 0.05) is 6.07 Å². The summed E-state index contributed by atoms with van der Waals surface area (Å²) in [6.45, 7) is 2.05. The van der Waals surface area contributed by atoms with Crippen molar-refractivity contribution >= 4 is 15.9 Å². The number of hydrogen-bond acceptors (Lipinski definition) is 3. The Morgan fingerprint density at radius 3 is 2.67 bits per heavy atom. The molecule has 1 aromatic rings. The third-order valence-corrected chi connectivity index (χ3v) is 2.01. The van der Waals surface area contributed by atoms with Crippen molar-refractivity contribution < 1.29 is 17.5 Å². The van der Waals surface area contributed by atoms with Crippen LogP contribution in [0.4, 0.5) is 10.1 Å². The second kappa shape index (κ2) is 4.45. The van der Waals surface area contributed by atoms with Gasteiger partial charge in [-0.3, -0.25) is 4.72 Å². The van der Waals surface area contributed by atoms with Gasteiger partial charge in [0.2, 0.25) is 0 Å². The molecule has 0 fully saturated rings. The number of nitrogens with two attached hydrogens (primary N) is 1. The quantitative estimate of drug-likeness (QED) is 0.810. The highest BCUT2D eigenvalue weighted by atomic mass is 32.2. The van der Waals surface area contributed by atoms with E-state index in [0.29, 0.717) is 6.61 Å². The van der Waals surface area contributed by atoms with Crippen LogP contribution >= 0.6 is 0 Å². The fourth-order valence-corrected chi connectivity index (χ4v) is 1.46. The maximum Gasteiger partial charge on any atom is 0.296 e. The summed E-state index contributed by atoms with van der Waals surface area (Å²) in [5.74, 6) is -0.581. The molecular formula is C8H11FN2O3S. The van der Waals surface area contributed by atoms with Crippen molar-refractivity contribution in [3.63, 3.8) is 0 Å². The van der Waals surface area contributed by atoms with Crippen LogP contribution in [0.3, 0.4) is 0 Å². The van der Waals surface area contributed by atoms with Crippen LogP contribution in [-0.2, 0) is 10.2 Å². The van der Waals surface area contributed by atoms with Gasteiger partial charge < -0.3 is 4.74 Å². The normalized spacial score (nSPS) is 11.1. The van der Waals surface area contributed by atoms with Gasteiger partial charge >= 0.3 is 0 Å². The largest absolute Gasteiger partial charge is 0.491 e. The van der Waals surface area contributed by atoms with Gasteiger partial charge in [-0.25, -0.2) is 9.53 Å². The Hall–Kier alpha value is -1.34. The topological polar surface area (TPSA) is 81.4 Å². The van der Waals surface area contributed by atoms with E-state index in [9.17, 15) is 12.8 Å². The molecule has 1 aromatic carbocycles. The first-order valence-corrected chi connectivity index (χ1v) is 5.70. The van der Waals surface area contributed by atoms with E-state index in [-0.39, 0.29) is 11.4 Å². The molecule has 7 heteroatoms. The molecule has 0 aromatic heterocycles. The van der Waals surface area contributed by atoms with Crippen molar-refractivity contribution in [2.24, 2.45) is 5.14 Å². The lowest BCUT2D eigenvalue weighted by atomic mass is 10.3. The monoisotopic (exact) mass is 234 g/mol. The van der Waals surface area contributed by atoms with E-state index < -0.39 is 16.0 Å². The molecule has 15 heavy (non-hydrogen) atoms. The lowest BCUT2D eigenvalue weighted by Crippen LogP contribution is -2.21. The van der Waals surface area contributed by atoms with Crippen molar-refractivity contribution in [2.75, 3.05) is 11.3 Å². The van der Waals surface area contributed by atoms with Crippen LogP contribution in [0.1, 0.15) is 6.92 Å². The second-order valence-corrected chi connectivity index (χ2v) is 4.02. The third-order valence-electron chi connectivity index (χ3n) is 1.49. The zero-order valence-corrected chi connectivity index (χ0v) is 8.84. The molecule has 0 spiro atoms. The molecule has 0 saturated heterocycles. The molecule has 0 aliphatic heterocycles. The predicted octanol–water partition coefficient (Wildman–Crippen LogP) is 0.840. The SMILES string of the molecule is CCOc1ccc(NS(N)(=O)=O)cc1F. The number of benzene rings is 1. The van der Waals surface area contributed by atoms with Crippen LogP contribution in [0.5, 0.6) is 5.75 Å². The van der Waals surface area contributed by atoms with Gasteiger partial charge in [0.05, 0.1) is 12.3 Å². The van der Waals surface area contributed by atoms with E-state index in [1.54, 1.807) is 6.92 Å². The number of nitrogens with one attached hydrogen (secondary N) is 1. The summed E-state index contributed by atoms with van der Waals surface area (Å²) in [7, 11) is -3.88. The van der Waals surface area contributed by atoms with Crippen molar-refractivity contribution in [3.05, 3.63) is 24.0 Å². The Bertz CT molecular complexity index is 447. The Labute approximate surface area is 87.2 Å². The van der Waals surface area contributed by atoms with Crippen molar-refractivity contribution in [2.45, 2.75) is 6.92 Å². The summed E-state index contributed by atoms with van der Waals surface area (Å²) >= 11 is 0. The maximum absolute atomic E-state index is 13.2. The summed E-state index contributed by atoms with van der Waals surface area (Å²) in [6, 6.07) is 3.68. The summed E-state index contributed by atoms with van der Waals surface area (Å²) in [5.41, 5.74) is 0.0541. The van der Waals surface area contributed by atoms with Crippen molar-refractivity contribution in [1.82, 2.24) is 0 Å². The van der Waals surface area contributed by atoms with E-state index in [1.807, 2.05) is 4.72 Å². The van der Waals surface area contributed by atoms with Crippen LogP contribution in [0, 0.1) is 5.82 Å². The minimum absolute atomic E-state index is 0.0541. The predicted molar refractivity (Wildman–Crippen MR) is 54.3 cm³/mol. The van der Waals surface area contributed by atoms with Crippen LogP contribution in [-0.4, -0.2) is 15.0 Å². The minimum Gasteiger partial charge on any atom is -0.491 e. The van der Waals surface area contributed by atoms with Gasteiger partial charge in [0.25, 0.3) is 10.2 Å². The molecule has 0 heterocycles. The smallest absolute Gasteiger partial charge is 0.296 e. The molecule has 0 saturated carbocycles. The molecule has 0 unspecified atom stereocenters. The first kappa shape index (κ1) is 11.7. The molecule has 3 N–H and O–H groups in total. The Kier molecular flexibility index (Phi) is 3.48. The molecule has 0 radical (unpaired) electrons. The highest BCUT2D eigenvalue weighted by Crippen LogP contribution is 2.21. The molecule has 84 valence electrons. The lowest BCUT2D eigenvalue weighted by Gasteiger charge is -2.07. The van der Waals surface area contributed by atoms with Gasteiger partial charge in [-0.2, -0.15) is 8.42 Å². The van der Waals surface area contributed by atoms with E-state index in [4.69, 9.17) is 9.88 Å². The summed E-state index contributed by atoms with van der Waals surface area (Å²) in [5, 5.41) is 4.72. The zero-order chi connectivity index (χ0) is 11.5. The summed E-state index contributed by atoms with van der Waals surface area (Å²) in [4.78, 5) is 0. The molecule has 5 nitrogen and oxygen atoms in total. The van der Waals surface area contributed by atoms with E-state index in [0.717, 1.165) is 6.07 Å². The van der Waals surface area contributed by atoms with Gasteiger partial charge in [0.15, 0.2) is 11.6 Å². The average Bonchev–Trinajstić information content (AvgIpc) is 2.07. The van der Waals surface area contributed by atoms with Crippen LogP contribution in [0.2, 0.25) is 0 Å². The lowest BCUT2D eigenvalue weighted by molar-refractivity contribution is 0.321. The minimum atomic E-state index is -3.88. The molecule has 0 amide bonds. The maximum atomic E-state index is 13.2. The number of rotatable bonds is 4. The first-order chi connectivity index (χ1) is 6.92. The average molecular weight is 234 g/mol. The number of hydrogen-bond donors (Lipinski definition) is 2. The second-order valence-electron chi connectivity index (χ2n) is 2.73. The third kappa shape index (κ3) is 3.72. The highest BCUT2D eigenvalue weighted by Gasteiger charge is 2.07. The molecule has 1 rings (SSSR count). The van der Waals surface area contributed by atoms with Gasteiger partial charge in [0.1, 0.15) is 0 Å². The van der Waals surface area contributed by atoms with Gasteiger partial charge in [-0.15, -0.1) is 0 Å². The summed E-state index contributed by atoms with van der Waals surface area (Å²) in [6.07, 6.45) is 0. The van der Waals surface area contributed by atoms with Crippen molar-refractivity contribution in [1.29, 1.82) is 0 Å². The highest BCUT2D eigenvalue weighted by molar-refractivity contribution is 7.90. The van der Waals surface area contributed by atoms with Gasteiger partial charge in [-0.1, -0.05) is 0 Å². The number of anilines is 1. The standard InChI is InChI=1S/C8H11FN2O3S/c1-2-14-8-4-3-6(5-7(8)9)11-15(10,12)13/h3-5,11H,2H2,1H3,(H2,10,12,13). The van der Waals surface area contributed by atoms with Crippen LogP contribution in [0.25, 0.3) is 0 Å². The molecular weight excluding hydrogens is 223 g/mol. The van der Waals surface area contributed by atoms with Crippen LogP contribution < -0.4 is 14.6 Å². The Morgan fingerprint density at radius 2 is 2.20 bits per heavy atom. The van der Waals surface area contributed by atoms with Crippen molar-refractivity contribution in [3.8, 4) is 5.75 Å². The zero-order valence-electron chi connectivity index (χ0n) is 8.03. The Morgan fingerprint density at radius 1 is 1.53 bits per heavy atom. The number of halogens is 1.